The Balaban J connectivity index is 1.89. The second-order valence-corrected chi connectivity index (χ2v) is 6.76. The minimum atomic E-state index is 0.236. The van der Waals surface area contributed by atoms with Gasteiger partial charge in [-0.25, -0.2) is 0 Å². The number of rotatable bonds is 6. The van der Waals surface area contributed by atoms with Crippen molar-refractivity contribution in [3.63, 3.8) is 0 Å². The van der Waals surface area contributed by atoms with Crippen LogP contribution in [0.3, 0.4) is 0 Å². The van der Waals surface area contributed by atoms with E-state index in [0.717, 1.165) is 11.7 Å². The summed E-state index contributed by atoms with van der Waals surface area (Å²) in [5, 5.41) is 3.82. The van der Waals surface area contributed by atoms with Crippen molar-refractivity contribution in [1.82, 2.24) is 5.32 Å². The average Bonchev–Trinajstić information content (AvgIpc) is 2.47. The molecule has 3 unspecified atom stereocenters. The Morgan fingerprint density at radius 2 is 1.86 bits per heavy atom. The molecule has 21 heavy (non-hydrogen) atoms. The van der Waals surface area contributed by atoms with E-state index in [1.807, 2.05) is 0 Å². The molecule has 0 radical (unpaired) electrons. The van der Waals surface area contributed by atoms with Gasteiger partial charge in [-0.3, -0.25) is 0 Å². The molecule has 3 atom stereocenters. The van der Waals surface area contributed by atoms with Crippen molar-refractivity contribution >= 4 is 0 Å². The smallest absolute Gasteiger partial charge is 0.119 e. The SMILES string of the molecule is CCC1CCCC(NC(C)c2ccc(OC(C)C)cc2)C1. The second-order valence-electron chi connectivity index (χ2n) is 6.76. The zero-order valence-corrected chi connectivity index (χ0v) is 14.1. The normalized spacial score (nSPS) is 24.0. The van der Waals surface area contributed by atoms with E-state index in [-0.39, 0.29) is 6.10 Å². The van der Waals surface area contributed by atoms with Gasteiger partial charge in [-0.1, -0.05) is 38.3 Å². The Kier molecular flexibility index (Phi) is 6.10. The topological polar surface area (TPSA) is 21.3 Å². The fraction of sp³-hybridized carbons (Fsp3) is 0.684. The maximum atomic E-state index is 5.71. The van der Waals surface area contributed by atoms with E-state index in [4.69, 9.17) is 4.74 Å². The van der Waals surface area contributed by atoms with Crippen LogP contribution < -0.4 is 10.1 Å². The summed E-state index contributed by atoms with van der Waals surface area (Å²) in [4.78, 5) is 0. The summed E-state index contributed by atoms with van der Waals surface area (Å²) in [6.45, 7) is 8.72. The van der Waals surface area contributed by atoms with Crippen LogP contribution in [0, 0.1) is 5.92 Å². The molecule has 1 N–H and O–H groups in total. The van der Waals surface area contributed by atoms with Crippen molar-refractivity contribution in [2.45, 2.75) is 78.0 Å². The summed E-state index contributed by atoms with van der Waals surface area (Å²) in [5.41, 5.74) is 1.35. The van der Waals surface area contributed by atoms with Crippen molar-refractivity contribution < 1.29 is 4.74 Å². The zero-order valence-electron chi connectivity index (χ0n) is 14.1. The first-order chi connectivity index (χ1) is 10.1. The molecule has 1 aromatic carbocycles. The van der Waals surface area contributed by atoms with E-state index < -0.39 is 0 Å². The number of nitrogens with one attached hydrogen (secondary N) is 1. The van der Waals surface area contributed by atoms with Crippen LogP contribution in [0.25, 0.3) is 0 Å². The molecule has 1 saturated carbocycles. The van der Waals surface area contributed by atoms with Gasteiger partial charge in [0.2, 0.25) is 0 Å². The molecule has 1 fully saturated rings. The summed E-state index contributed by atoms with van der Waals surface area (Å²) >= 11 is 0. The highest BCUT2D eigenvalue weighted by molar-refractivity contribution is 5.29. The maximum Gasteiger partial charge on any atom is 0.119 e. The predicted octanol–water partition coefficient (Wildman–Crippen LogP) is 5.09. The van der Waals surface area contributed by atoms with Gasteiger partial charge in [-0.15, -0.1) is 0 Å². The first kappa shape index (κ1) is 16.4. The van der Waals surface area contributed by atoms with Crippen molar-refractivity contribution in [2.24, 2.45) is 5.92 Å². The zero-order chi connectivity index (χ0) is 15.2. The fourth-order valence-electron chi connectivity index (χ4n) is 3.37. The molecular formula is C19H31NO. The minimum Gasteiger partial charge on any atom is -0.491 e. The third-order valence-corrected chi connectivity index (χ3v) is 4.60. The van der Waals surface area contributed by atoms with E-state index in [1.165, 1.54) is 37.7 Å². The van der Waals surface area contributed by atoms with Crippen molar-refractivity contribution in [3.8, 4) is 5.75 Å². The van der Waals surface area contributed by atoms with Gasteiger partial charge in [0, 0.05) is 12.1 Å². The average molecular weight is 289 g/mol. The Bertz CT molecular complexity index is 412. The lowest BCUT2D eigenvalue weighted by atomic mass is 9.84. The first-order valence-corrected chi connectivity index (χ1v) is 8.61. The lowest BCUT2D eigenvalue weighted by Crippen LogP contribution is -2.35. The van der Waals surface area contributed by atoms with Crippen LogP contribution in [0.4, 0.5) is 0 Å². The van der Waals surface area contributed by atoms with E-state index >= 15 is 0 Å². The quantitative estimate of drug-likeness (QED) is 0.787. The predicted molar refractivity (Wildman–Crippen MR) is 89.8 cm³/mol. The highest BCUT2D eigenvalue weighted by atomic mass is 16.5. The van der Waals surface area contributed by atoms with Gasteiger partial charge >= 0.3 is 0 Å². The molecule has 0 amide bonds. The molecule has 1 aromatic rings. The monoisotopic (exact) mass is 289 g/mol. The number of benzene rings is 1. The molecule has 0 saturated heterocycles. The highest BCUT2D eigenvalue weighted by Crippen LogP contribution is 2.28. The first-order valence-electron chi connectivity index (χ1n) is 8.61. The second kappa shape index (κ2) is 7.84. The van der Waals surface area contributed by atoms with E-state index in [9.17, 15) is 0 Å². The number of hydrogen-bond acceptors (Lipinski definition) is 2. The van der Waals surface area contributed by atoms with Crippen LogP contribution in [-0.4, -0.2) is 12.1 Å². The summed E-state index contributed by atoms with van der Waals surface area (Å²) in [5.74, 6) is 1.88. The molecular weight excluding hydrogens is 258 g/mol. The van der Waals surface area contributed by atoms with Crippen LogP contribution in [0.15, 0.2) is 24.3 Å². The fourth-order valence-corrected chi connectivity index (χ4v) is 3.37. The van der Waals surface area contributed by atoms with Gasteiger partial charge in [0.15, 0.2) is 0 Å². The van der Waals surface area contributed by atoms with Crippen LogP contribution in [0.1, 0.15) is 71.4 Å². The molecule has 0 spiro atoms. The summed E-state index contributed by atoms with van der Waals surface area (Å²) < 4.78 is 5.71. The van der Waals surface area contributed by atoms with Gasteiger partial charge in [0.05, 0.1) is 6.10 Å². The molecule has 0 heterocycles. The summed E-state index contributed by atoms with van der Waals surface area (Å²) in [6, 6.07) is 9.65. The van der Waals surface area contributed by atoms with Crippen molar-refractivity contribution in [1.29, 1.82) is 0 Å². The Morgan fingerprint density at radius 3 is 2.48 bits per heavy atom. The van der Waals surface area contributed by atoms with Gasteiger partial charge in [-0.2, -0.15) is 0 Å². The summed E-state index contributed by atoms with van der Waals surface area (Å²) in [6.07, 6.45) is 7.03. The Labute approximate surface area is 130 Å². The maximum absolute atomic E-state index is 5.71. The standard InChI is InChI=1S/C19H31NO/c1-5-16-7-6-8-18(13-16)20-15(4)17-9-11-19(12-10-17)21-14(2)3/h9-12,14-16,18,20H,5-8,13H2,1-4H3. The molecule has 1 aliphatic rings. The van der Waals surface area contributed by atoms with Gasteiger partial charge in [0.25, 0.3) is 0 Å². The molecule has 1 aliphatic carbocycles. The number of hydrogen-bond donors (Lipinski definition) is 1. The Hall–Kier alpha value is -1.02. The van der Waals surface area contributed by atoms with Gasteiger partial charge in [-0.05, 0) is 57.2 Å². The van der Waals surface area contributed by atoms with E-state index in [1.54, 1.807) is 0 Å². The van der Waals surface area contributed by atoms with Crippen molar-refractivity contribution in [2.75, 3.05) is 0 Å². The molecule has 0 aromatic heterocycles. The van der Waals surface area contributed by atoms with Gasteiger partial charge in [0.1, 0.15) is 5.75 Å². The molecule has 118 valence electrons. The van der Waals surface area contributed by atoms with E-state index in [0.29, 0.717) is 12.1 Å². The molecule has 2 rings (SSSR count). The van der Waals surface area contributed by atoms with Crippen molar-refractivity contribution in [3.05, 3.63) is 29.8 Å². The molecule has 0 aliphatic heterocycles. The lowest BCUT2D eigenvalue weighted by Gasteiger charge is -2.31. The molecule has 2 nitrogen and oxygen atoms in total. The summed E-state index contributed by atoms with van der Waals surface area (Å²) in [7, 11) is 0. The van der Waals surface area contributed by atoms with Crippen LogP contribution in [0.2, 0.25) is 0 Å². The van der Waals surface area contributed by atoms with Crippen LogP contribution >= 0.6 is 0 Å². The number of ether oxygens (including phenoxy) is 1. The van der Waals surface area contributed by atoms with Crippen LogP contribution in [-0.2, 0) is 0 Å². The Morgan fingerprint density at radius 1 is 1.14 bits per heavy atom. The lowest BCUT2D eigenvalue weighted by molar-refractivity contribution is 0.242. The molecule has 2 heteroatoms. The van der Waals surface area contributed by atoms with E-state index in [2.05, 4.69) is 57.3 Å². The largest absolute Gasteiger partial charge is 0.491 e. The third-order valence-electron chi connectivity index (χ3n) is 4.60. The van der Waals surface area contributed by atoms with Crippen LogP contribution in [0.5, 0.6) is 5.75 Å². The minimum absolute atomic E-state index is 0.236. The highest BCUT2D eigenvalue weighted by Gasteiger charge is 2.22. The third kappa shape index (κ3) is 5.03. The van der Waals surface area contributed by atoms with Gasteiger partial charge < -0.3 is 10.1 Å². The molecule has 0 bridgehead atoms.